The lowest BCUT2D eigenvalue weighted by Crippen LogP contribution is -2.44. The zero-order chi connectivity index (χ0) is 11.5. The van der Waals surface area contributed by atoms with Crippen molar-refractivity contribution in [2.24, 2.45) is 0 Å². The summed E-state index contributed by atoms with van der Waals surface area (Å²) in [5.74, 6) is 0. The van der Waals surface area contributed by atoms with Crippen LogP contribution in [0.4, 0.5) is 0 Å². The molecule has 0 atom stereocenters. The van der Waals surface area contributed by atoms with E-state index in [2.05, 4.69) is 48.5 Å². The summed E-state index contributed by atoms with van der Waals surface area (Å²) in [6.07, 6.45) is 1.62. The molecule has 0 radical (unpaired) electrons. The van der Waals surface area contributed by atoms with Crippen LogP contribution in [0.25, 0.3) is 11.1 Å². The molecule has 0 aliphatic heterocycles. The lowest BCUT2D eigenvalue weighted by atomic mass is 9.61. The van der Waals surface area contributed by atoms with Gasteiger partial charge in [0.2, 0.25) is 0 Å². The van der Waals surface area contributed by atoms with Crippen molar-refractivity contribution < 1.29 is 5.11 Å². The first-order valence-electron chi connectivity index (χ1n) is 6.19. The fourth-order valence-corrected chi connectivity index (χ4v) is 3.60. The van der Waals surface area contributed by atoms with Crippen molar-refractivity contribution in [2.45, 2.75) is 24.4 Å². The summed E-state index contributed by atoms with van der Waals surface area (Å²) in [4.78, 5) is 0. The Kier molecular flexibility index (Phi) is 1.66. The highest BCUT2D eigenvalue weighted by atomic mass is 16.3. The molecule has 1 nitrogen and oxygen atoms in total. The number of aliphatic hydroxyl groups is 1. The first-order valence-corrected chi connectivity index (χ1v) is 6.19. The van der Waals surface area contributed by atoms with Crippen LogP contribution in [0.5, 0.6) is 0 Å². The number of rotatable bonds is 0. The average molecular weight is 222 g/mol. The SMILES string of the molecule is OC1CC2(C1)c1ccccc1-c1ccccc12. The van der Waals surface area contributed by atoms with Crippen LogP contribution in [0.3, 0.4) is 0 Å². The second kappa shape index (κ2) is 2.99. The quantitative estimate of drug-likeness (QED) is 0.726. The Labute approximate surface area is 101 Å². The normalized spacial score (nSPS) is 19.8. The Balaban J connectivity index is 2.04. The van der Waals surface area contributed by atoms with E-state index in [1.807, 2.05) is 0 Å². The summed E-state index contributed by atoms with van der Waals surface area (Å²) in [6, 6.07) is 17.3. The third-order valence-electron chi connectivity index (χ3n) is 4.34. The molecule has 0 bridgehead atoms. The molecule has 1 fully saturated rings. The molecule has 2 aromatic rings. The van der Waals surface area contributed by atoms with Gasteiger partial charge in [0, 0.05) is 5.41 Å². The Bertz CT molecular complexity index is 546. The van der Waals surface area contributed by atoms with Crippen molar-refractivity contribution in [1.82, 2.24) is 0 Å². The molecule has 17 heavy (non-hydrogen) atoms. The summed E-state index contributed by atoms with van der Waals surface area (Å²) in [6.45, 7) is 0. The van der Waals surface area contributed by atoms with Crippen LogP contribution in [0.2, 0.25) is 0 Å². The highest BCUT2D eigenvalue weighted by Crippen LogP contribution is 2.58. The summed E-state index contributed by atoms with van der Waals surface area (Å²) in [5, 5.41) is 9.72. The van der Waals surface area contributed by atoms with Crippen LogP contribution in [0.15, 0.2) is 48.5 Å². The van der Waals surface area contributed by atoms with Gasteiger partial charge < -0.3 is 5.11 Å². The molecular weight excluding hydrogens is 208 g/mol. The predicted octanol–water partition coefficient (Wildman–Crippen LogP) is 3.11. The topological polar surface area (TPSA) is 20.2 Å². The Morgan fingerprint density at radius 2 is 1.29 bits per heavy atom. The minimum absolute atomic E-state index is 0.104. The van der Waals surface area contributed by atoms with Crippen molar-refractivity contribution in [3.8, 4) is 11.1 Å². The Morgan fingerprint density at radius 3 is 1.76 bits per heavy atom. The molecule has 0 heterocycles. The number of fused-ring (bicyclic) bond motifs is 5. The van der Waals surface area contributed by atoms with Crippen LogP contribution < -0.4 is 0 Å². The number of aliphatic hydroxyl groups excluding tert-OH is 1. The van der Waals surface area contributed by atoms with E-state index in [1.54, 1.807) is 0 Å². The highest BCUT2D eigenvalue weighted by Gasteiger charge is 2.51. The molecular formula is C16H14O. The fourth-order valence-electron chi connectivity index (χ4n) is 3.60. The van der Waals surface area contributed by atoms with Gasteiger partial charge in [-0.15, -0.1) is 0 Å². The average Bonchev–Trinajstić information content (AvgIpc) is 2.62. The van der Waals surface area contributed by atoms with Crippen molar-refractivity contribution in [3.63, 3.8) is 0 Å². The molecule has 1 spiro atoms. The molecule has 1 saturated carbocycles. The molecule has 0 unspecified atom stereocenters. The van der Waals surface area contributed by atoms with Crippen molar-refractivity contribution >= 4 is 0 Å². The van der Waals surface area contributed by atoms with Crippen molar-refractivity contribution in [1.29, 1.82) is 0 Å². The number of benzene rings is 2. The van der Waals surface area contributed by atoms with Gasteiger partial charge in [-0.1, -0.05) is 48.5 Å². The number of hydrogen-bond donors (Lipinski definition) is 1. The summed E-state index contributed by atoms with van der Waals surface area (Å²) in [7, 11) is 0. The molecule has 0 saturated heterocycles. The van der Waals surface area contributed by atoms with Crippen LogP contribution in [-0.4, -0.2) is 11.2 Å². The zero-order valence-corrected chi connectivity index (χ0v) is 9.56. The van der Waals surface area contributed by atoms with Crippen LogP contribution >= 0.6 is 0 Å². The monoisotopic (exact) mass is 222 g/mol. The van der Waals surface area contributed by atoms with Gasteiger partial charge in [-0.3, -0.25) is 0 Å². The van der Waals surface area contributed by atoms with Gasteiger partial charge in [-0.25, -0.2) is 0 Å². The summed E-state index contributed by atoms with van der Waals surface area (Å²) < 4.78 is 0. The van der Waals surface area contributed by atoms with Crippen molar-refractivity contribution in [2.75, 3.05) is 0 Å². The minimum atomic E-state index is -0.130. The predicted molar refractivity (Wildman–Crippen MR) is 67.9 cm³/mol. The molecule has 4 rings (SSSR count). The summed E-state index contributed by atoms with van der Waals surface area (Å²) >= 11 is 0. The van der Waals surface area contributed by atoms with Crippen LogP contribution in [0, 0.1) is 0 Å². The smallest absolute Gasteiger partial charge is 0.0563 e. The maximum absolute atomic E-state index is 9.72. The maximum atomic E-state index is 9.72. The third kappa shape index (κ3) is 1.03. The van der Waals surface area contributed by atoms with Gasteiger partial charge in [0.1, 0.15) is 0 Å². The lowest BCUT2D eigenvalue weighted by Gasteiger charge is -2.44. The van der Waals surface area contributed by atoms with Gasteiger partial charge in [0.05, 0.1) is 6.10 Å². The molecule has 2 aliphatic rings. The van der Waals surface area contributed by atoms with Gasteiger partial charge in [-0.2, -0.15) is 0 Å². The molecule has 2 aromatic carbocycles. The molecule has 1 N–H and O–H groups in total. The van der Waals surface area contributed by atoms with E-state index >= 15 is 0 Å². The standard InChI is InChI=1S/C16H14O/c17-11-9-16(10-11)14-7-3-1-5-12(14)13-6-2-4-8-15(13)16/h1-8,11,17H,9-10H2. The van der Waals surface area contributed by atoms with E-state index in [-0.39, 0.29) is 11.5 Å². The summed E-state index contributed by atoms with van der Waals surface area (Å²) in [5.41, 5.74) is 5.63. The molecule has 84 valence electrons. The fraction of sp³-hybridized carbons (Fsp3) is 0.250. The first-order chi connectivity index (χ1) is 8.31. The van der Waals surface area contributed by atoms with E-state index in [0.29, 0.717) is 0 Å². The Morgan fingerprint density at radius 1 is 0.824 bits per heavy atom. The van der Waals surface area contributed by atoms with Gasteiger partial charge in [0.15, 0.2) is 0 Å². The van der Waals surface area contributed by atoms with Crippen molar-refractivity contribution in [3.05, 3.63) is 59.7 Å². The third-order valence-corrected chi connectivity index (χ3v) is 4.34. The second-order valence-electron chi connectivity index (χ2n) is 5.24. The largest absolute Gasteiger partial charge is 0.393 e. The molecule has 2 aliphatic carbocycles. The van der Waals surface area contributed by atoms with E-state index < -0.39 is 0 Å². The molecule has 0 aromatic heterocycles. The zero-order valence-electron chi connectivity index (χ0n) is 9.56. The van der Waals surface area contributed by atoms with Crippen LogP contribution in [0.1, 0.15) is 24.0 Å². The lowest BCUT2D eigenvalue weighted by molar-refractivity contribution is 0.0397. The minimum Gasteiger partial charge on any atom is -0.393 e. The Hall–Kier alpha value is -1.60. The molecule has 1 heteroatoms. The highest BCUT2D eigenvalue weighted by molar-refractivity contribution is 5.81. The van der Waals surface area contributed by atoms with Crippen LogP contribution in [-0.2, 0) is 5.41 Å². The number of hydrogen-bond acceptors (Lipinski definition) is 1. The molecule has 0 amide bonds. The van der Waals surface area contributed by atoms with Gasteiger partial charge >= 0.3 is 0 Å². The van der Waals surface area contributed by atoms with Gasteiger partial charge in [0.25, 0.3) is 0 Å². The maximum Gasteiger partial charge on any atom is 0.0563 e. The van der Waals surface area contributed by atoms with E-state index in [4.69, 9.17) is 0 Å². The van der Waals surface area contributed by atoms with E-state index in [1.165, 1.54) is 22.3 Å². The first kappa shape index (κ1) is 9.43. The van der Waals surface area contributed by atoms with E-state index in [0.717, 1.165) is 12.8 Å². The van der Waals surface area contributed by atoms with Gasteiger partial charge in [-0.05, 0) is 35.1 Å². The van der Waals surface area contributed by atoms with E-state index in [9.17, 15) is 5.11 Å². The second-order valence-corrected chi connectivity index (χ2v) is 5.24.